The molecule has 0 saturated heterocycles. The zero-order chi connectivity index (χ0) is 14.3. The minimum absolute atomic E-state index is 0.900. The van der Waals surface area contributed by atoms with Gasteiger partial charge in [-0.25, -0.2) is 0 Å². The summed E-state index contributed by atoms with van der Waals surface area (Å²) < 4.78 is 2.00. The normalized spacial score (nSPS) is 10.9. The van der Waals surface area contributed by atoms with E-state index in [1.807, 2.05) is 28.3 Å². The van der Waals surface area contributed by atoms with Crippen LogP contribution in [0.4, 0.5) is 0 Å². The monoisotopic (exact) mass is 297 g/mol. The first kappa shape index (κ1) is 14.0. The minimum atomic E-state index is 0.900. The van der Waals surface area contributed by atoms with Crippen LogP contribution in [0.3, 0.4) is 0 Å². The molecule has 1 aromatic carbocycles. The molecule has 0 saturated carbocycles. The molecule has 2 heterocycles. The Balaban J connectivity index is 1.43. The van der Waals surface area contributed by atoms with E-state index in [1.54, 1.807) is 0 Å². The van der Waals surface area contributed by atoms with Gasteiger partial charge in [-0.05, 0) is 23.4 Å². The van der Waals surface area contributed by atoms with Gasteiger partial charge in [0.2, 0.25) is 0 Å². The Hall–Kier alpha value is -1.91. The molecule has 0 fully saturated rings. The molecular formula is C17H19N3S. The quantitative estimate of drug-likeness (QED) is 0.677. The lowest BCUT2D eigenvalue weighted by Gasteiger charge is -2.04. The van der Waals surface area contributed by atoms with Gasteiger partial charge >= 0.3 is 0 Å². The Morgan fingerprint density at radius 2 is 1.90 bits per heavy atom. The highest BCUT2D eigenvalue weighted by molar-refractivity contribution is 7.09. The first-order valence-corrected chi connectivity index (χ1v) is 8.11. The van der Waals surface area contributed by atoms with Gasteiger partial charge in [0.05, 0.1) is 12.7 Å². The summed E-state index contributed by atoms with van der Waals surface area (Å²) in [6, 6.07) is 14.7. The van der Waals surface area contributed by atoms with Crippen molar-refractivity contribution in [3.05, 3.63) is 65.1 Å². The van der Waals surface area contributed by atoms with Gasteiger partial charge in [0.1, 0.15) is 0 Å². The summed E-state index contributed by atoms with van der Waals surface area (Å²) in [5, 5.41) is 10.0. The van der Waals surface area contributed by atoms with Crippen LogP contribution < -0.4 is 5.32 Å². The second-order valence-corrected chi connectivity index (χ2v) is 5.97. The van der Waals surface area contributed by atoms with Gasteiger partial charge in [-0.15, -0.1) is 11.3 Å². The lowest BCUT2D eigenvalue weighted by atomic mass is 10.1. The van der Waals surface area contributed by atoms with Crippen molar-refractivity contribution in [3.63, 3.8) is 0 Å². The van der Waals surface area contributed by atoms with Crippen LogP contribution in [0.15, 0.2) is 60.2 Å². The fourth-order valence-electron chi connectivity index (χ4n) is 2.25. The molecule has 0 unspecified atom stereocenters. The van der Waals surface area contributed by atoms with Gasteiger partial charge in [0.25, 0.3) is 0 Å². The molecule has 3 rings (SSSR count). The number of thiophene rings is 1. The molecule has 2 aromatic heterocycles. The van der Waals surface area contributed by atoms with Gasteiger partial charge in [-0.3, -0.25) is 4.68 Å². The van der Waals surface area contributed by atoms with E-state index >= 15 is 0 Å². The highest BCUT2D eigenvalue weighted by Crippen LogP contribution is 2.17. The van der Waals surface area contributed by atoms with Crippen LogP contribution in [0.1, 0.15) is 4.88 Å². The standard InChI is InChI=1S/C17H19N3S/c1-2-5-15(6-3-1)16-13-19-20(14-16)11-10-18-9-8-17-7-4-12-21-17/h1-7,12-14,18H,8-11H2. The molecular weight excluding hydrogens is 278 g/mol. The molecule has 3 aromatic rings. The first-order chi connectivity index (χ1) is 10.4. The second kappa shape index (κ2) is 7.20. The van der Waals surface area contributed by atoms with Gasteiger partial charge in [0.15, 0.2) is 0 Å². The van der Waals surface area contributed by atoms with Crippen molar-refractivity contribution in [1.82, 2.24) is 15.1 Å². The molecule has 0 aliphatic rings. The van der Waals surface area contributed by atoms with Crippen LogP contribution in [0.25, 0.3) is 11.1 Å². The lowest BCUT2D eigenvalue weighted by molar-refractivity contribution is 0.557. The molecule has 0 bridgehead atoms. The Morgan fingerprint density at radius 3 is 2.71 bits per heavy atom. The van der Waals surface area contributed by atoms with E-state index in [-0.39, 0.29) is 0 Å². The number of rotatable bonds is 7. The van der Waals surface area contributed by atoms with Crippen LogP contribution in [0.2, 0.25) is 0 Å². The number of aromatic nitrogens is 2. The maximum atomic E-state index is 4.42. The smallest absolute Gasteiger partial charge is 0.0568 e. The van der Waals surface area contributed by atoms with E-state index in [1.165, 1.54) is 16.0 Å². The zero-order valence-electron chi connectivity index (χ0n) is 11.9. The molecule has 4 heteroatoms. The third-order valence-electron chi connectivity index (χ3n) is 3.39. The van der Waals surface area contributed by atoms with Crippen LogP contribution in [0, 0.1) is 0 Å². The predicted molar refractivity (Wildman–Crippen MR) is 88.6 cm³/mol. The summed E-state index contributed by atoms with van der Waals surface area (Å²) in [6.45, 7) is 2.87. The lowest BCUT2D eigenvalue weighted by Crippen LogP contribution is -2.22. The average Bonchev–Trinajstić information content (AvgIpc) is 3.19. The fraction of sp³-hybridized carbons (Fsp3) is 0.235. The van der Waals surface area contributed by atoms with Crippen molar-refractivity contribution in [1.29, 1.82) is 0 Å². The van der Waals surface area contributed by atoms with E-state index in [0.29, 0.717) is 0 Å². The molecule has 0 aliphatic heterocycles. The van der Waals surface area contributed by atoms with Gasteiger partial charge in [-0.2, -0.15) is 5.10 Å². The molecule has 1 N–H and O–H groups in total. The summed E-state index contributed by atoms with van der Waals surface area (Å²) in [6.07, 6.45) is 5.14. The first-order valence-electron chi connectivity index (χ1n) is 7.23. The molecule has 0 radical (unpaired) electrons. The molecule has 3 nitrogen and oxygen atoms in total. The van der Waals surface area contributed by atoms with Crippen LogP contribution in [-0.4, -0.2) is 22.9 Å². The maximum Gasteiger partial charge on any atom is 0.0568 e. The van der Waals surface area contributed by atoms with Crippen LogP contribution in [0.5, 0.6) is 0 Å². The Bertz CT molecular complexity index is 644. The molecule has 108 valence electrons. The Kier molecular flexibility index (Phi) is 4.82. The minimum Gasteiger partial charge on any atom is -0.315 e. The zero-order valence-corrected chi connectivity index (χ0v) is 12.7. The number of nitrogens with zero attached hydrogens (tertiary/aromatic N) is 2. The topological polar surface area (TPSA) is 29.9 Å². The number of benzene rings is 1. The van der Waals surface area contributed by atoms with Gasteiger partial charge < -0.3 is 5.32 Å². The maximum absolute atomic E-state index is 4.42. The summed E-state index contributed by atoms with van der Waals surface area (Å²) in [5.74, 6) is 0. The van der Waals surface area contributed by atoms with Crippen molar-refractivity contribution in [3.8, 4) is 11.1 Å². The average molecular weight is 297 g/mol. The second-order valence-electron chi connectivity index (χ2n) is 4.94. The molecule has 0 atom stereocenters. The van der Waals surface area contributed by atoms with E-state index in [2.05, 4.69) is 58.4 Å². The SMILES string of the molecule is c1ccc(-c2cnn(CCNCCc3cccs3)c2)cc1. The summed E-state index contributed by atoms with van der Waals surface area (Å²) in [5.41, 5.74) is 2.39. The fourth-order valence-corrected chi connectivity index (χ4v) is 2.96. The van der Waals surface area contributed by atoms with Gasteiger partial charge in [-0.1, -0.05) is 36.4 Å². The highest BCUT2D eigenvalue weighted by atomic mass is 32.1. The summed E-state index contributed by atoms with van der Waals surface area (Å²) in [4.78, 5) is 1.44. The van der Waals surface area contributed by atoms with Gasteiger partial charge in [0, 0.05) is 29.7 Å². The summed E-state index contributed by atoms with van der Waals surface area (Å²) in [7, 11) is 0. The third kappa shape index (κ3) is 4.03. The van der Waals surface area contributed by atoms with Crippen molar-refractivity contribution in [2.24, 2.45) is 0 Å². The Labute approximate surface area is 129 Å². The van der Waals surface area contributed by atoms with Crippen LogP contribution >= 0.6 is 11.3 Å². The summed E-state index contributed by atoms with van der Waals surface area (Å²) >= 11 is 1.82. The van der Waals surface area contributed by atoms with E-state index < -0.39 is 0 Å². The molecule has 0 aliphatic carbocycles. The largest absolute Gasteiger partial charge is 0.315 e. The van der Waals surface area contributed by atoms with Crippen molar-refractivity contribution in [2.45, 2.75) is 13.0 Å². The predicted octanol–water partition coefficient (Wildman–Crippen LogP) is 3.44. The van der Waals surface area contributed by atoms with E-state index in [4.69, 9.17) is 0 Å². The van der Waals surface area contributed by atoms with Crippen molar-refractivity contribution in [2.75, 3.05) is 13.1 Å². The number of hydrogen-bond donors (Lipinski definition) is 1. The molecule has 21 heavy (non-hydrogen) atoms. The number of nitrogens with one attached hydrogen (secondary N) is 1. The van der Waals surface area contributed by atoms with Crippen molar-refractivity contribution >= 4 is 11.3 Å². The van der Waals surface area contributed by atoms with Crippen molar-refractivity contribution < 1.29 is 0 Å². The Morgan fingerprint density at radius 1 is 1.00 bits per heavy atom. The highest BCUT2D eigenvalue weighted by Gasteiger charge is 2.00. The third-order valence-corrected chi connectivity index (χ3v) is 4.32. The number of hydrogen-bond acceptors (Lipinski definition) is 3. The molecule has 0 spiro atoms. The van der Waals surface area contributed by atoms with Crippen LogP contribution in [-0.2, 0) is 13.0 Å². The molecule has 0 amide bonds. The van der Waals surface area contributed by atoms with E-state index in [0.717, 1.165) is 26.1 Å². The van der Waals surface area contributed by atoms with E-state index in [9.17, 15) is 0 Å².